The first-order valence-corrected chi connectivity index (χ1v) is 12.2. The molecule has 9 nitrogen and oxygen atoms in total. The summed E-state index contributed by atoms with van der Waals surface area (Å²) in [4.78, 5) is 29.4. The molecular formula is C24H22N6O3S. The van der Waals surface area contributed by atoms with Crippen LogP contribution in [-0.4, -0.2) is 60.9 Å². The van der Waals surface area contributed by atoms with Gasteiger partial charge < -0.3 is 9.80 Å². The lowest BCUT2D eigenvalue weighted by atomic mass is 10.1. The minimum Gasteiger partial charge on any atom is -0.344 e. The Kier molecular flexibility index (Phi) is 5.58. The number of amides is 1. The Bertz CT molecular complexity index is 1480. The van der Waals surface area contributed by atoms with E-state index in [4.69, 9.17) is 4.98 Å². The first-order chi connectivity index (χ1) is 16.4. The van der Waals surface area contributed by atoms with E-state index in [0.29, 0.717) is 46.9 Å². The lowest BCUT2D eigenvalue weighted by Gasteiger charge is -2.32. The molecule has 10 heteroatoms. The van der Waals surface area contributed by atoms with Crippen molar-refractivity contribution >= 4 is 38.5 Å². The molecule has 1 N–H and O–H groups in total. The van der Waals surface area contributed by atoms with Crippen LogP contribution >= 0.6 is 0 Å². The van der Waals surface area contributed by atoms with E-state index in [1.54, 1.807) is 66.5 Å². The van der Waals surface area contributed by atoms with Crippen molar-refractivity contribution in [2.75, 3.05) is 36.3 Å². The van der Waals surface area contributed by atoms with Gasteiger partial charge in [0.15, 0.2) is 5.82 Å². The number of nitrogens with one attached hydrogen (secondary N) is 1. The second-order valence-corrected chi connectivity index (χ2v) is 9.68. The van der Waals surface area contributed by atoms with Crippen LogP contribution in [0.2, 0.25) is 0 Å². The van der Waals surface area contributed by atoms with Gasteiger partial charge in [0, 0.05) is 31.4 Å². The largest absolute Gasteiger partial charge is 0.344 e. The maximum atomic E-state index is 12.9. The number of piperazine rings is 1. The third-order valence-electron chi connectivity index (χ3n) is 5.69. The number of pyridine rings is 1. The molecular weight excluding hydrogens is 452 g/mol. The standard InChI is InChI=1S/C24H22N6O3S/c1-29-12-13-30(15-22(29)31)24-23-21(25-16-26-24)11-10-20(27-23)17-6-5-9-19(14-17)34(32,33)28-18-7-3-2-4-8-18/h2-11,14,16,28H,12-13,15H2,1H3. The second kappa shape index (κ2) is 8.71. The zero-order chi connectivity index (χ0) is 23.7. The molecule has 1 amide bonds. The van der Waals surface area contributed by atoms with Gasteiger partial charge in [-0.25, -0.2) is 23.4 Å². The van der Waals surface area contributed by atoms with Gasteiger partial charge >= 0.3 is 0 Å². The highest BCUT2D eigenvalue weighted by molar-refractivity contribution is 7.92. The van der Waals surface area contributed by atoms with E-state index < -0.39 is 10.0 Å². The Morgan fingerprint density at radius 2 is 1.76 bits per heavy atom. The van der Waals surface area contributed by atoms with Crippen LogP contribution in [0.4, 0.5) is 11.5 Å². The number of likely N-dealkylation sites (N-methyl/N-ethyl adjacent to an activating group) is 1. The van der Waals surface area contributed by atoms with E-state index in [-0.39, 0.29) is 17.3 Å². The first kappa shape index (κ1) is 21.8. The summed E-state index contributed by atoms with van der Waals surface area (Å²) < 4.78 is 28.4. The topological polar surface area (TPSA) is 108 Å². The number of hydrogen-bond acceptors (Lipinski definition) is 7. The Hall–Kier alpha value is -4.05. The van der Waals surface area contributed by atoms with Crippen LogP contribution in [0.25, 0.3) is 22.3 Å². The van der Waals surface area contributed by atoms with Crippen molar-refractivity contribution < 1.29 is 13.2 Å². The highest BCUT2D eigenvalue weighted by Gasteiger charge is 2.24. The van der Waals surface area contributed by atoms with Gasteiger partial charge in [-0.05, 0) is 36.4 Å². The summed E-state index contributed by atoms with van der Waals surface area (Å²) in [7, 11) is -2.00. The van der Waals surface area contributed by atoms with Crippen LogP contribution in [0, 0.1) is 0 Å². The van der Waals surface area contributed by atoms with Crippen LogP contribution < -0.4 is 9.62 Å². The van der Waals surface area contributed by atoms with Crippen LogP contribution in [-0.2, 0) is 14.8 Å². The Balaban J connectivity index is 1.51. The number of benzene rings is 2. The summed E-state index contributed by atoms with van der Waals surface area (Å²) >= 11 is 0. The number of nitrogens with zero attached hydrogens (tertiary/aromatic N) is 5. The van der Waals surface area contributed by atoms with Crippen molar-refractivity contribution in [2.24, 2.45) is 0 Å². The molecule has 34 heavy (non-hydrogen) atoms. The fraction of sp³-hybridized carbons (Fsp3) is 0.167. The van der Waals surface area contributed by atoms with E-state index in [0.717, 1.165) is 0 Å². The molecule has 0 radical (unpaired) electrons. The molecule has 0 atom stereocenters. The van der Waals surface area contributed by atoms with E-state index in [9.17, 15) is 13.2 Å². The minimum atomic E-state index is -3.78. The lowest BCUT2D eigenvalue weighted by Crippen LogP contribution is -2.49. The molecule has 1 fully saturated rings. The fourth-order valence-corrected chi connectivity index (χ4v) is 4.91. The molecule has 1 aliphatic rings. The van der Waals surface area contributed by atoms with Crippen molar-refractivity contribution in [2.45, 2.75) is 4.90 Å². The Morgan fingerprint density at radius 3 is 2.56 bits per heavy atom. The van der Waals surface area contributed by atoms with Gasteiger partial charge in [-0.15, -0.1) is 0 Å². The molecule has 4 aromatic rings. The number of carbonyl (C=O) groups is 1. The van der Waals surface area contributed by atoms with Gasteiger partial charge in [0.1, 0.15) is 11.8 Å². The van der Waals surface area contributed by atoms with Crippen LogP contribution in [0.3, 0.4) is 0 Å². The van der Waals surface area contributed by atoms with Gasteiger partial charge in [-0.2, -0.15) is 0 Å². The molecule has 1 saturated heterocycles. The lowest BCUT2D eigenvalue weighted by molar-refractivity contribution is -0.129. The summed E-state index contributed by atoms with van der Waals surface area (Å²) in [6.07, 6.45) is 1.46. The summed E-state index contributed by atoms with van der Waals surface area (Å²) in [5.41, 5.74) is 2.92. The normalized spacial score (nSPS) is 14.4. The molecule has 1 aliphatic heterocycles. The molecule has 5 rings (SSSR count). The van der Waals surface area contributed by atoms with Crippen molar-refractivity contribution in [1.82, 2.24) is 19.9 Å². The van der Waals surface area contributed by atoms with Gasteiger partial charge in [-0.3, -0.25) is 9.52 Å². The highest BCUT2D eigenvalue weighted by atomic mass is 32.2. The average Bonchev–Trinajstić information content (AvgIpc) is 2.85. The molecule has 0 saturated carbocycles. The number of aromatic nitrogens is 3. The molecule has 2 aromatic carbocycles. The number of carbonyl (C=O) groups excluding carboxylic acids is 1. The van der Waals surface area contributed by atoms with Gasteiger partial charge in [0.2, 0.25) is 5.91 Å². The third-order valence-corrected chi connectivity index (χ3v) is 7.06. The smallest absolute Gasteiger partial charge is 0.261 e. The SMILES string of the molecule is CN1CCN(c2ncnc3ccc(-c4cccc(S(=O)(=O)Nc5ccccc5)c4)nc23)CC1=O. The number of fused-ring (bicyclic) bond motifs is 1. The minimum absolute atomic E-state index is 0.0120. The van der Waals surface area contributed by atoms with E-state index in [2.05, 4.69) is 14.7 Å². The Labute approximate surface area is 197 Å². The van der Waals surface area contributed by atoms with E-state index in [1.807, 2.05) is 17.0 Å². The van der Waals surface area contributed by atoms with Gasteiger partial charge in [0.25, 0.3) is 10.0 Å². The van der Waals surface area contributed by atoms with Gasteiger partial charge in [-0.1, -0.05) is 30.3 Å². The summed E-state index contributed by atoms with van der Waals surface area (Å²) in [6, 6.07) is 19.0. The molecule has 0 bridgehead atoms. The predicted molar refractivity (Wildman–Crippen MR) is 130 cm³/mol. The molecule has 0 unspecified atom stereocenters. The van der Waals surface area contributed by atoms with Crippen molar-refractivity contribution in [1.29, 1.82) is 0 Å². The molecule has 0 spiro atoms. The fourth-order valence-electron chi connectivity index (χ4n) is 3.80. The third kappa shape index (κ3) is 4.27. The maximum absolute atomic E-state index is 12.9. The number of anilines is 2. The van der Waals surface area contributed by atoms with E-state index in [1.165, 1.54) is 6.33 Å². The van der Waals surface area contributed by atoms with Crippen LogP contribution in [0.15, 0.2) is 78.0 Å². The number of para-hydroxylation sites is 1. The van der Waals surface area contributed by atoms with Crippen LogP contribution in [0.1, 0.15) is 0 Å². The van der Waals surface area contributed by atoms with E-state index >= 15 is 0 Å². The zero-order valence-electron chi connectivity index (χ0n) is 18.4. The van der Waals surface area contributed by atoms with Crippen molar-refractivity contribution in [3.63, 3.8) is 0 Å². The summed E-state index contributed by atoms with van der Waals surface area (Å²) in [5.74, 6) is 0.598. The molecule has 3 heterocycles. The Morgan fingerprint density at radius 1 is 0.941 bits per heavy atom. The average molecular weight is 475 g/mol. The van der Waals surface area contributed by atoms with Crippen LogP contribution in [0.5, 0.6) is 0 Å². The monoisotopic (exact) mass is 474 g/mol. The molecule has 0 aliphatic carbocycles. The quantitative estimate of drug-likeness (QED) is 0.474. The first-order valence-electron chi connectivity index (χ1n) is 10.7. The predicted octanol–water partition coefficient (Wildman–Crippen LogP) is 2.77. The maximum Gasteiger partial charge on any atom is 0.261 e. The van der Waals surface area contributed by atoms with Crippen molar-refractivity contribution in [3.05, 3.63) is 73.1 Å². The number of rotatable bonds is 5. The number of hydrogen-bond donors (Lipinski definition) is 1. The second-order valence-electron chi connectivity index (χ2n) is 8.00. The molecule has 2 aromatic heterocycles. The van der Waals surface area contributed by atoms with Crippen molar-refractivity contribution in [3.8, 4) is 11.3 Å². The summed E-state index contributed by atoms with van der Waals surface area (Å²) in [6.45, 7) is 1.45. The highest BCUT2D eigenvalue weighted by Crippen LogP contribution is 2.28. The molecule has 172 valence electrons. The van der Waals surface area contributed by atoms with Gasteiger partial charge in [0.05, 0.1) is 22.7 Å². The summed E-state index contributed by atoms with van der Waals surface area (Å²) in [5, 5.41) is 0. The zero-order valence-corrected chi connectivity index (χ0v) is 19.2. The number of sulfonamides is 1.